The fourth-order valence-corrected chi connectivity index (χ4v) is 2.57. The number of hydrogen-bond acceptors (Lipinski definition) is 2. The lowest BCUT2D eigenvalue weighted by atomic mass is 9.88. The molecule has 0 saturated heterocycles. The molecule has 1 aromatic heterocycles. The Bertz CT molecular complexity index is 596. The lowest BCUT2D eigenvalue weighted by Gasteiger charge is -2.18. The van der Waals surface area contributed by atoms with Crippen LogP contribution in [0.3, 0.4) is 0 Å². The second kappa shape index (κ2) is 4.96. The van der Waals surface area contributed by atoms with Crippen LogP contribution in [-0.2, 0) is 4.79 Å². The summed E-state index contributed by atoms with van der Waals surface area (Å²) in [6.45, 7) is 0. The van der Waals surface area contributed by atoms with Crippen molar-refractivity contribution in [2.45, 2.75) is 31.6 Å². The van der Waals surface area contributed by atoms with E-state index in [1.807, 2.05) is 0 Å². The number of carbonyl (C=O) groups is 1. The van der Waals surface area contributed by atoms with E-state index in [4.69, 9.17) is 0 Å². The molecule has 0 unspecified atom stereocenters. The minimum atomic E-state index is -0.253. The maximum absolute atomic E-state index is 13.7. The maximum Gasteiger partial charge on any atom is 0.132 e. The van der Waals surface area contributed by atoms with Gasteiger partial charge in [0.15, 0.2) is 0 Å². The highest BCUT2D eigenvalue weighted by molar-refractivity contribution is 5.79. The summed E-state index contributed by atoms with van der Waals surface area (Å²) < 4.78 is 13.7. The third kappa shape index (κ3) is 2.43. The molecule has 0 amide bonds. The van der Waals surface area contributed by atoms with Gasteiger partial charge in [0.2, 0.25) is 0 Å². The predicted octanol–water partition coefficient (Wildman–Crippen LogP) is 3.44. The summed E-state index contributed by atoms with van der Waals surface area (Å²) in [7, 11) is 0. The molecule has 1 aliphatic rings. The zero-order valence-electron chi connectivity index (χ0n) is 10.5. The van der Waals surface area contributed by atoms with Crippen LogP contribution < -0.4 is 0 Å². The van der Waals surface area contributed by atoms with Crippen LogP contribution in [0.25, 0.3) is 11.3 Å². The molecule has 1 fully saturated rings. The molecule has 19 heavy (non-hydrogen) atoms. The number of benzene rings is 1. The minimum Gasteiger partial charge on any atom is -0.342 e. The number of rotatable bonds is 2. The van der Waals surface area contributed by atoms with Gasteiger partial charge in [0.1, 0.15) is 17.4 Å². The van der Waals surface area contributed by atoms with Gasteiger partial charge >= 0.3 is 0 Å². The van der Waals surface area contributed by atoms with E-state index in [1.54, 1.807) is 24.4 Å². The molecule has 0 spiro atoms. The molecule has 1 aliphatic carbocycles. The lowest BCUT2D eigenvalue weighted by molar-refractivity contribution is -0.120. The van der Waals surface area contributed by atoms with Crippen LogP contribution in [0.15, 0.2) is 30.5 Å². The quantitative estimate of drug-likeness (QED) is 0.896. The molecule has 0 aliphatic heterocycles. The molecule has 3 nitrogen and oxygen atoms in total. The molecule has 3 rings (SSSR count). The summed E-state index contributed by atoms with van der Waals surface area (Å²) in [6.07, 6.45) is 4.59. The van der Waals surface area contributed by atoms with Crippen LogP contribution in [0.5, 0.6) is 0 Å². The minimum absolute atomic E-state index is 0.253. The number of H-pyrrole nitrogens is 1. The number of hydrogen-bond donors (Lipinski definition) is 1. The summed E-state index contributed by atoms with van der Waals surface area (Å²) in [5, 5.41) is 0. The highest BCUT2D eigenvalue weighted by Gasteiger charge is 2.22. The number of nitrogens with one attached hydrogen (secondary N) is 1. The maximum atomic E-state index is 13.7. The van der Waals surface area contributed by atoms with Crippen molar-refractivity contribution in [2.24, 2.45) is 0 Å². The Hall–Kier alpha value is -1.97. The van der Waals surface area contributed by atoms with Crippen LogP contribution in [-0.4, -0.2) is 15.8 Å². The van der Waals surface area contributed by atoms with Crippen molar-refractivity contribution in [1.29, 1.82) is 0 Å². The van der Waals surface area contributed by atoms with Crippen molar-refractivity contribution in [3.05, 3.63) is 42.1 Å². The number of nitrogens with zero attached hydrogens (tertiary/aromatic N) is 1. The molecule has 98 valence electrons. The summed E-state index contributed by atoms with van der Waals surface area (Å²) in [5.74, 6) is 1.23. The highest BCUT2D eigenvalue weighted by Crippen LogP contribution is 2.31. The summed E-state index contributed by atoms with van der Waals surface area (Å²) in [6, 6.07) is 6.65. The zero-order chi connectivity index (χ0) is 13.2. The molecular weight excluding hydrogens is 243 g/mol. The number of aromatic nitrogens is 2. The average molecular weight is 258 g/mol. The van der Waals surface area contributed by atoms with E-state index in [9.17, 15) is 9.18 Å². The van der Waals surface area contributed by atoms with Gasteiger partial charge in [-0.15, -0.1) is 0 Å². The Balaban J connectivity index is 1.84. The van der Waals surface area contributed by atoms with Crippen molar-refractivity contribution >= 4 is 5.78 Å². The third-order valence-corrected chi connectivity index (χ3v) is 3.69. The van der Waals surface area contributed by atoms with E-state index >= 15 is 0 Å². The van der Waals surface area contributed by atoms with Gasteiger partial charge in [-0.3, -0.25) is 4.79 Å². The van der Waals surface area contributed by atoms with Gasteiger partial charge in [0, 0.05) is 24.3 Å². The summed E-state index contributed by atoms with van der Waals surface area (Å²) in [5.41, 5.74) is 1.23. The van der Waals surface area contributed by atoms with Gasteiger partial charge in [-0.25, -0.2) is 9.37 Å². The second-order valence-corrected chi connectivity index (χ2v) is 4.97. The van der Waals surface area contributed by atoms with Crippen molar-refractivity contribution in [3.8, 4) is 11.3 Å². The van der Waals surface area contributed by atoms with Crippen LogP contribution in [0.2, 0.25) is 0 Å². The molecule has 0 bridgehead atoms. The fourth-order valence-electron chi connectivity index (χ4n) is 2.57. The first-order chi connectivity index (χ1) is 9.24. The van der Waals surface area contributed by atoms with Gasteiger partial charge in [0.25, 0.3) is 0 Å². The number of ketones is 1. The van der Waals surface area contributed by atoms with Crippen molar-refractivity contribution in [2.75, 3.05) is 0 Å². The van der Waals surface area contributed by atoms with E-state index in [-0.39, 0.29) is 5.82 Å². The van der Waals surface area contributed by atoms with E-state index in [2.05, 4.69) is 9.97 Å². The SMILES string of the molecule is O=C1CCC(c2ncc(-c3ccccc3F)[nH]2)CC1. The normalized spacial score (nSPS) is 16.8. The first kappa shape index (κ1) is 12.1. The van der Waals surface area contributed by atoms with Crippen molar-refractivity contribution in [3.63, 3.8) is 0 Å². The van der Waals surface area contributed by atoms with Crippen molar-refractivity contribution < 1.29 is 9.18 Å². The van der Waals surface area contributed by atoms with Gasteiger partial charge in [-0.05, 0) is 25.0 Å². The van der Waals surface area contributed by atoms with Crippen LogP contribution in [0, 0.1) is 5.82 Å². The number of aromatic amines is 1. The number of carbonyl (C=O) groups excluding carboxylic acids is 1. The van der Waals surface area contributed by atoms with E-state index in [0.29, 0.717) is 35.8 Å². The molecule has 1 N–H and O–H groups in total. The Morgan fingerprint density at radius 3 is 2.68 bits per heavy atom. The fraction of sp³-hybridized carbons (Fsp3) is 0.333. The summed E-state index contributed by atoms with van der Waals surface area (Å²) >= 11 is 0. The number of Topliss-reactive ketones (excluding diaryl/α,β-unsaturated/α-hetero) is 1. The third-order valence-electron chi connectivity index (χ3n) is 3.69. The smallest absolute Gasteiger partial charge is 0.132 e. The predicted molar refractivity (Wildman–Crippen MR) is 70.2 cm³/mol. The molecule has 0 radical (unpaired) electrons. The lowest BCUT2D eigenvalue weighted by Crippen LogP contribution is -2.13. The summed E-state index contributed by atoms with van der Waals surface area (Å²) in [4.78, 5) is 18.8. The molecule has 4 heteroatoms. The molecule has 1 heterocycles. The monoisotopic (exact) mass is 258 g/mol. The topological polar surface area (TPSA) is 45.8 Å². The Morgan fingerprint density at radius 2 is 1.95 bits per heavy atom. The standard InChI is InChI=1S/C15H15FN2O/c16-13-4-2-1-3-12(13)14-9-17-15(18-14)10-5-7-11(19)8-6-10/h1-4,9-10H,5-8H2,(H,17,18). The largest absolute Gasteiger partial charge is 0.342 e. The number of halogens is 1. The van der Waals surface area contributed by atoms with Crippen LogP contribution >= 0.6 is 0 Å². The Labute approximate surface area is 110 Å². The molecule has 0 atom stereocenters. The van der Waals surface area contributed by atoms with E-state index in [0.717, 1.165) is 18.7 Å². The van der Waals surface area contributed by atoms with Crippen molar-refractivity contribution in [1.82, 2.24) is 9.97 Å². The van der Waals surface area contributed by atoms with E-state index < -0.39 is 0 Å². The Kier molecular flexibility index (Phi) is 3.15. The van der Waals surface area contributed by atoms with Gasteiger partial charge < -0.3 is 4.98 Å². The molecule has 1 aromatic carbocycles. The molecule has 1 saturated carbocycles. The molecular formula is C15H15FN2O. The van der Waals surface area contributed by atoms with Gasteiger partial charge in [-0.2, -0.15) is 0 Å². The van der Waals surface area contributed by atoms with Gasteiger partial charge in [-0.1, -0.05) is 12.1 Å². The zero-order valence-corrected chi connectivity index (χ0v) is 10.5. The van der Waals surface area contributed by atoms with Crippen LogP contribution in [0.4, 0.5) is 4.39 Å². The average Bonchev–Trinajstić information content (AvgIpc) is 2.89. The van der Waals surface area contributed by atoms with E-state index in [1.165, 1.54) is 6.07 Å². The highest BCUT2D eigenvalue weighted by atomic mass is 19.1. The Morgan fingerprint density at radius 1 is 1.21 bits per heavy atom. The molecule has 2 aromatic rings. The van der Waals surface area contributed by atoms with Crippen LogP contribution in [0.1, 0.15) is 37.4 Å². The van der Waals surface area contributed by atoms with Gasteiger partial charge in [0.05, 0.1) is 11.9 Å². The first-order valence-corrected chi connectivity index (χ1v) is 6.55. The second-order valence-electron chi connectivity index (χ2n) is 4.97. The number of imidazole rings is 1. The first-order valence-electron chi connectivity index (χ1n) is 6.55.